The fourth-order valence-corrected chi connectivity index (χ4v) is 1.97. The molecule has 0 radical (unpaired) electrons. The maximum absolute atomic E-state index is 5.18. The van der Waals surface area contributed by atoms with Gasteiger partial charge in [0.05, 0.1) is 0 Å². The number of anilines is 1. The lowest BCUT2D eigenvalue weighted by Gasteiger charge is -2.20. The van der Waals surface area contributed by atoms with E-state index in [4.69, 9.17) is 4.42 Å². The third kappa shape index (κ3) is 1.61. The monoisotopic (exact) mass is 219 g/mol. The summed E-state index contributed by atoms with van der Waals surface area (Å²) in [7, 11) is 0. The molecule has 6 nitrogen and oxygen atoms in total. The van der Waals surface area contributed by atoms with Crippen LogP contribution in [-0.4, -0.2) is 41.1 Å². The van der Waals surface area contributed by atoms with E-state index in [-0.39, 0.29) is 0 Å². The first-order valence-corrected chi connectivity index (χ1v) is 5.45. The fourth-order valence-electron chi connectivity index (χ4n) is 1.97. The lowest BCUT2D eigenvalue weighted by molar-refractivity contribution is 0.590. The molecular formula is C10H13N5O. The second-order valence-electron chi connectivity index (χ2n) is 3.79. The standard InChI is InChI=1S/C10H13N5O/c1-2-11-3-5-15(4-1)9-8-10(13-6-12-9)16-7-14-8/h6-7,11H,1-5H2. The largest absolute Gasteiger partial charge is 0.425 e. The molecule has 2 aromatic rings. The number of fused-ring (bicyclic) bond motifs is 1. The van der Waals surface area contributed by atoms with E-state index >= 15 is 0 Å². The van der Waals surface area contributed by atoms with Crippen molar-refractivity contribution < 1.29 is 4.42 Å². The van der Waals surface area contributed by atoms with E-state index < -0.39 is 0 Å². The molecule has 3 heterocycles. The molecule has 16 heavy (non-hydrogen) atoms. The van der Waals surface area contributed by atoms with Crippen molar-refractivity contribution in [1.29, 1.82) is 0 Å². The minimum atomic E-state index is 0.558. The average molecular weight is 219 g/mol. The summed E-state index contributed by atoms with van der Waals surface area (Å²) in [4.78, 5) is 14.7. The van der Waals surface area contributed by atoms with E-state index in [9.17, 15) is 0 Å². The molecule has 6 heteroatoms. The number of oxazole rings is 1. The number of hydrogen-bond acceptors (Lipinski definition) is 6. The van der Waals surface area contributed by atoms with E-state index in [0.29, 0.717) is 5.71 Å². The summed E-state index contributed by atoms with van der Waals surface area (Å²) >= 11 is 0. The highest BCUT2D eigenvalue weighted by Crippen LogP contribution is 2.21. The van der Waals surface area contributed by atoms with Crippen LogP contribution < -0.4 is 10.2 Å². The van der Waals surface area contributed by atoms with E-state index in [1.165, 1.54) is 12.7 Å². The van der Waals surface area contributed by atoms with Gasteiger partial charge in [0.25, 0.3) is 5.71 Å². The second kappa shape index (κ2) is 4.05. The van der Waals surface area contributed by atoms with Crippen LogP contribution in [-0.2, 0) is 0 Å². The maximum atomic E-state index is 5.18. The molecule has 84 valence electrons. The summed E-state index contributed by atoms with van der Waals surface area (Å²) in [6.07, 6.45) is 4.06. The molecule has 0 bridgehead atoms. The first kappa shape index (κ1) is 9.53. The molecule has 0 atom stereocenters. The molecule has 2 aromatic heterocycles. The van der Waals surface area contributed by atoms with Crippen LogP contribution in [0.1, 0.15) is 6.42 Å². The molecule has 0 unspecified atom stereocenters. The topological polar surface area (TPSA) is 67.1 Å². The van der Waals surface area contributed by atoms with Crippen molar-refractivity contribution >= 4 is 17.0 Å². The van der Waals surface area contributed by atoms with Crippen LogP contribution in [0.2, 0.25) is 0 Å². The minimum absolute atomic E-state index is 0.558. The normalized spacial score (nSPS) is 17.6. The molecule has 0 aromatic carbocycles. The van der Waals surface area contributed by atoms with E-state index in [1.807, 2.05) is 0 Å². The SMILES string of the molecule is c1nc(N2CCCNCC2)c2ncoc2n1. The first-order chi connectivity index (χ1) is 7.95. The Morgan fingerprint density at radius 3 is 3.19 bits per heavy atom. The van der Waals surface area contributed by atoms with Gasteiger partial charge in [-0.2, -0.15) is 4.98 Å². The lowest BCUT2D eigenvalue weighted by Crippen LogP contribution is -2.28. The lowest BCUT2D eigenvalue weighted by atomic mass is 10.3. The smallest absolute Gasteiger partial charge is 0.252 e. The zero-order valence-electron chi connectivity index (χ0n) is 8.89. The molecule has 0 saturated carbocycles. The van der Waals surface area contributed by atoms with Crippen molar-refractivity contribution in [2.75, 3.05) is 31.1 Å². The average Bonchev–Trinajstić information content (AvgIpc) is 2.63. The van der Waals surface area contributed by atoms with Crippen LogP contribution in [0.5, 0.6) is 0 Å². The van der Waals surface area contributed by atoms with Gasteiger partial charge in [0.15, 0.2) is 17.7 Å². The van der Waals surface area contributed by atoms with Crippen molar-refractivity contribution in [1.82, 2.24) is 20.3 Å². The number of aromatic nitrogens is 3. The van der Waals surface area contributed by atoms with Crippen LogP contribution in [0.15, 0.2) is 17.1 Å². The quantitative estimate of drug-likeness (QED) is 0.749. The summed E-state index contributed by atoms with van der Waals surface area (Å²) in [5.74, 6) is 0.877. The minimum Gasteiger partial charge on any atom is -0.425 e. The third-order valence-corrected chi connectivity index (χ3v) is 2.76. The van der Waals surface area contributed by atoms with E-state index in [1.54, 1.807) is 0 Å². The highest BCUT2D eigenvalue weighted by molar-refractivity contribution is 5.81. The van der Waals surface area contributed by atoms with Gasteiger partial charge >= 0.3 is 0 Å². The first-order valence-electron chi connectivity index (χ1n) is 5.45. The molecule has 0 spiro atoms. The Labute approximate surface area is 92.7 Å². The molecule has 1 aliphatic rings. The summed E-state index contributed by atoms with van der Waals surface area (Å²) in [6.45, 7) is 3.97. The molecule has 1 N–H and O–H groups in total. The molecule has 0 amide bonds. The zero-order chi connectivity index (χ0) is 10.8. The van der Waals surface area contributed by atoms with Gasteiger partial charge in [0.1, 0.15) is 6.33 Å². The summed E-state index contributed by atoms with van der Waals surface area (Å²) < 4.78 is 5.18. The summed E-state index contributed by atoms with van der Waals surface area (Å²) in [6, 6.07) is 0. The summed E-state index contributed by atoms with van der Waals surface area (Å²) in [5, 5.41) is 3.36. The highest BCUT2D eigenvalue weighted by atomic mass is 16.3. The van der Waals surface area contributed by atoms with Crippen molar-refractivity contribution in [3.63, 3.8) is 0 Å². The van der Waals surface area contributed by atoms with Crippen molar-refractivity contribution in [3.05, 3.63) is 12.7 Å². The van der Waals surface area contributed by atoms with Gasteiger partial charge in [-0.1, -0.05) is 0 Å². The maximum Gasteiger partial charge on any atom is 0.252 e. The van der Waals surface area contributed by atoms with Crippen molar-refractivity contribution in [3.8, 4) is 0 Å². The van der Waals surface area contributed by atoms with Crippen LogP contribution in [0, 0.1) is 0 Å². The van der Waals surface area contributed by atoms with Crippen molar-refractivity contribution in [2.24, 2.45) is 0 Å². The van der Waals surface area contributed by atoms with E-state index in [2.05, 4.69) is 25.2 Å². The Kier molecular flexibility index (Phi) is 2.41. The number of nitrogens with one attached hydrogen (secondary N) is 1. The van der Waals surface area contributed by atoms with Gasteiger partial charge in [-0.15, -0.1) is 0 Å². The van der Waals surface area contributed by atoms with Gasteiger partial charge in [0.2, 0.25) is 0 Å². The number of nitrogens with zero attached hydrogens (tertiary/aromatic N) is 4. The Morgan fingerprint density at radius 1 is 1.19 bits per heavy atom. The van der Waals surface area contributed by atoms with Gasteiger partial charge < -0.3 is 14.6 Å². The summed E-state index contributed by atoms with van der Waals surface area (Å²) in [5.41, 5.74) is 1.31. The number of rotatable bonds is 1. The predicted octanol–water partition coefficient (Wildman–Crippen LogP) is 0.417. The van der Waals surface area contributed by atoms with Gasteiger partial charge in [0, 0.05) is 19.6 Å². The van der Waals surface area contributed by atoms with Crippen LogP contribution in [0.3, 0.4) is 0 Å². The van der Waals surface area contributed by atoms with Crippen LogP contribution in [0.25, 0.3) is 11.2 Å². The molecule has 1 aliphatic heterocycles. The van der Waals surface area contributed by atoms with Crippen molar-refractivity contribution in [2.45, 2.75) is 6.42 Å². The second-order valence-corrected chi connectivity index (χ2v) is 3.79. The predicted molar refractivity (Wildman–Crippen MR) is 59.3 cm³/mol. The van der Waals surface area contributed by atoms with Gasteiger partial charge in [-0.05, 0) is 13.0 Å². The van der Waals surface area contributed by atoms with Gasteiger partial charge in [-0.3, -0.25) is 0 Å². The molecule has 1 saturated heterocycles. The van der Waals surface area contributed by atoms with E-state index in [0.717, 1.165) is 43.9 Å². The fraction of sp³-hybridized carbons (Fsp3) is 0.500. The zero-order valence-corrected chi connectivity index (χ0v) is 8.89. The Hall–Kier alpha value is -1.69. The van der Waals surface area contributed by atoms with Crippen LogP contribution >= 0.6 is 0 Å². The van der Waals surface area contributed by atoms with Gasteiger partial charge in [-0.25, -0.2) is 9.97 Å². The molecule has 0 aliphatic carbocycles. The third-order valence-electron chi connectivity index (χ3n) is 2.76. The Balaban J connectivity index is 2.00. The Bertz CT molecular complexity index is 475. The molecular weight excluding hydrogens is 206 g/mol. The Morgan fingerprint density at radius 2 is 2.19 bits per heavy atom. The number of hydrogen-bond donors (Lipinski definition) is 1. The molecule has 3 rings (SSSR count). The van der Waals surface area contributed by atoms with Crippen LogP contribution in [0.4, 0.5) is 5.82 Å². The highest BCUT2D eigenvalue weighted by Gasteiger charge is 2.16. The molecule has 1 fully saturated rings.